The average molecular weight is 414 g/mol. The normalized spacial score (nSPS) is 13.4. The number of nitrogens with one attached hydrogen (secondary N) is 1. The molecule has 1 aromatic heterocycles. The number of hydrogen-bond donors (Lipinski definition) is 1. The lowest BCUT2D eigenvalue weighted by Crippen LogP contribution is -2.14. The summed E-state index contributed by atoms with van der Waals surface area (Å²) in [5.41, 5.74) is 2.12. The molecule has 0 saturated heterocycles. The van der Waals surface area contributed by atoms with Crippen LogP contribution in [0.25, 0.3) is 11.5 Å². The number of aromatic nitrogens is 2. The van der Waals surface area contributed by atoms with Crippen LogP contribution in [0, 0.1) is 0 Å². The third-order valence-corrected chi connectivity index (χ3v) is 4.54. The first kappa shape index (κ1) is 16.8. The monoisotopic (exact) mass is 413 g/mol. The summed E-state index contributed by atoms with van der Waals surface area (Å²) in [4.78, 5) is 16.6. The second kappa shape index (κ2) is 7.29. The van der Waals surface area contributed by atoms with Gasteiger partial charge in [-0.2, -0.15) is 4.98 Å². The fraction of sp³-hybridized carbons (Fsp3) is 0.211. The quantitative estimate of drug-likeness (QED) is 0.627. The van der Waals surface area contributed by atoms with E-state index in [0.29, 0.717) is 23.1 Å². The lowest BCUT2D eigenvalue weighted by Gasteiger charge is -2.10. The molecular weight excluding hydrogens is 398 g/mol. The third-order valence-electron chi connectivity index (χ3n) is 4.05. The molecule has 26 heavy (non-hydrogen) atoms. The van der Waals surface area contributed by atoms with Crippen molar-refractivity contribution in [3.8, 4) is 11.5 Å². The van der Waals surface area contributed by atoms with Crippen LogP contribution in [0.3, 0.4) is 0 Å². The first-order valence-electron chi connectivity index (χ1n) is 8.30. The minimum absolute atomic E-state index is 0.199. The Bertz CT molecular complexity index is 923. The molecular formula is C19H16BrN3O3. The second-order valence-electron chi connectivity index (χ2n) is 6.11. The van der Waals surface area contributed by atoms with Gasteiger partial charge in [-0.3, -0.25) is 5.32 Å². The zero-order valence-corrected chi connectivity index (χ0v) is 15.4. The number of anilines is 1. The van der Waals surface area contributed by atoms with Crippen LogP contribution in [-0.4, -0.2) is 16.2 Å². The minimum atomic E-state index is -0.542. The molecule has 1 fully saturated rings. The van der Waals surface area contributed by atoms with Crippen LogP contribution in [0.15, 0.2) is 57.5 Å². The Morgan fingerprint density at radius 3 is 2.81 bits per heavy atom. The van der Waals surface area contributed by atoms with Crippen LogP contribution in [0.5, 0.6) is 0 Å². The van der Waals surface area contributed by atoms with Crippen molar-refractivity contribution in [2.24, 2.45) is 0 Å². The minimum Gasteiger partial charge on any atom is -0.444 e. The van der Waals surface area contributed by atoms with E-state index in [1.54, 1.807) is 6.07 Å². The molecule has 0 bridgehead atoms. The lowest BCUT2D eigenvalue weighted by molar-refractivity contribution is 0.155. The van der Waals surface area contributed by atoms with Gasteiger partial charge in [0.1, 0.15) is 6.61 Å². The Balaban J connectivity index is 1.49. The highest BCUT2D eigenvalue weighted by Crippen LogP contribution is 2.39. The van der Waals surface area contributed by atoms with Gasteiger partial charge in [0.05, 0.1) is 11.3 Å². The van der Waals surface area contributed by atoms with Crippen LogP contribution >= 0.6 is 15.9 Å². The summed E-state index contributed by atoms with van der Waals surface area (Å²) in [5.74, 6) is 1.50. The van der Waals surface area contributed by atoms with E-state index >= 15 is 0 Å². The Labute approximate surface area is 158 Å². The zero-order valence-electron chi connectivity index (χ0n) is 13.8. The van der Waals surface area contributed by atoms with Crippen LogP contribution in [0.2, 0.25) is 0 Å². The van der Waals surface area contributed by atoms with Crippen LogP contribution in [-0.2, 0) is 11.3 Å². The number of ether oxygens (including phenoxy) is 1. The first-order valence-corrected chi connectivity index (χ1v) is 9.09. The van der Waals surface area contributed by atoms with Crippen molar-refractivity contribution < 1.29 is 14.1 Å². The number of amides is 1. The predicted molar refractivity (Wildman–Crippen MR) is 99.7 cm³/mol. The van der Waals surface area contributed by atoms with E-state index in [9.17, 15) is 4.79 Å². The Hall–Kier alpha value is -2.67. The summed E-state index contributed by atoms with van der Waals surface area (Å²) < 4.78 is 11.5. The van der Waals surface area contributed by atoms with Crippen LogP contribution in [0.4, 0.5) is 10.5 Å². The Kier molecular flexibility index (Phi) is 4.71. The van der Waals surface area contributed by atoms with Crippen LogP contribution < -0.4 is 5.32 Å². The number of carbonyl (C=O) groups excluding carboxylic acids is 1. The Morgan fingerprint density at radius 2 is 2.04 bits per heavy atom. The van der Waals surface area contributed by atoms with Gasteiger partial charge in [-0.05, 0) is 36.6 Å². The van der Waals surface area contributed by atoms with Crippen molar-refractivity contribution in [2.45, 2.75) is 25.4 Å². The van der Waals surface area contributed by atoms with Gasteiger partial charge in [-0.1, -0.05) is 51.4 Å². The second-order valence-corrected chi connectivity index (χ2v) is 7.02. The maximum atomic E-state index is 12.2. The molecule has 2 aromatic carbocycles. The maximum absolute atomic E-state index is 12.2. The summed E-state index contributed by atoms with van der Waals surface area (Å²) in [6, 6.07) is 14.9. The molecule has 0 unspecified atom stereocenters. The number of carbonyl (C=O) groups is 1. The fourth-order valence-corrected chi connectivity index (χ4v) is 2.88. The molecule has 4 rings (SSSR count). The molecule has 1 heterocycles. The molecule has 0 spiro atoms. The number of nitrogens with zero attached hydrogens (tertiary/aromatic N) is 2. The molecule has 1 aliphatic carbocycles. The number of benzene rings is 2. The van der Waals surface area contributed by atoms with Crippen molar-refractivity contribution in [1.82, 2.24) is 10.1 Å². The van der Waals surface area contributed by atoms with E-state index < -0.39 is 6.09 Å². The summed E-state index contributed by atoms with van der Waals surface area (Å²) in [6.07, 6.45) is 1.64. The molecule has 0 atom stereocenters. The number of hydrogen-bond acceptors (Lipinski definition) is 5. The van der Waals surface area contributed by atoms with Crippen molar-refractivity contribution in [3.63, 3.8) is 0 Å². The first-order chi connectivity index (χ1) is 12.7. The molecule has 7 heteroatoms. The number of halogens is 1. The van der Waals surface area contributed by atoms with E-state index in [-0.39, 0.29) is 6.61 Å². The molecule has 1 N–H and O–H groups in total. The summed E-state index contributed by atoms with van der Waals surface area (Å²) >= 11 is 3.44. The smallest absolute Gasteiger partial charge is 0.411 e. The summed E-state index contributed by atoms with van der Waals surface area (Å²) in [7, 11) is 0. The van der Waals surface area contributed by atoms with Gasteiger partial charge >= 0.3 is 6.09 Å². The van der Waals surface area contributed by atoms with E-state index in [0.717, 1.165) is 28.7 Å². The Morgan fingerprint density at radius 1 is 1.23 bits per heavy atom. The molecule has 1 aliphatic rings. The van der Waals surface area contributed by atoms with Crippen molar-refractivity contribution in [2.75, 3.05) is 5.32 Å². The van der Waals surface area contributed by atoms with Crippen LogP contribution in [0.1, 0.15) is 30.1 Å². The number of rotatable bonds is 5. The largest absolute Gasteiger partial charge is 0.444 e. The van der Waals surface area contributed by atoms with Gasteiger partial charge in [0.15, 0.2) is 5.82 Å². The molecule has 1 amide bonds. The van der Waals surface area contributed by atoms with Gasteiger partial charge in [-0.15, -0.1) is 0 Å². The summed E-state index contributed by atoms with van der Waals surface area (Å²) in [5, 5.41) is 6.79. The third kappa shape index (κ3) is 3.94. The van der Waals surface area contributed by atoms with Gasteiger partial charge in [0.25, 0.3) is 5.89 Å². The zero-order chi connectivity index (χ0) is 17.9. The molecule has 3 aromatic rings. The van der Waals surface area contributed by atoms with Gasteiger partial charge in [0, 0.05) is 10.4 Å². The SMILES string of the molecule is O=C(Nc1ccc(Br)cc1-c1nc(C2CC2)no1)OCc1ccccc1. The van der Waals surface area contributed by atoms with Crippen molar-refractivity contribution in [3.05, 3.63) is 64.4 Å². The summed E-state index contributed by atoms with van der Waals surface area (Å²) in [6.45, 7) is 0.199. The standard InChI is InChI=1S/C19H16BrN3O3/c20-14-8-9-16(21-19(24)25-11-12-4-2-1-3-5-12)15(10-14)18-22-17(23-26-18)13-6-7-13/h1-5,8-10,13H,6-7,11H2,(H,21,24). The highest BCUT2D eigenvalue weighted by Gasteiger charge is 2.29. The van der Waals surface area contributed by atoms with Gasteiger partial charge < -0.3 is 9.26 Å². The maximum Gasteiger partial charge on any atom is 0.411 e. The molecule has 6 nitrogen and oxygen atoms in total. The molecule has 0 aliphatic heterocycles. The van der Waals surface area contributed by atoms with E-state index in [4.69, 9.17) is 9.26 Å². The molecule has 1 saturated carbocycles. The molecule has 0 radical (unpaired) electrons. The highest BCUT2D eigenvalue weighted by atomic mass is 79.9. The predicted octanol–water partition coefficient (Wildman–Crippen LogP) is 5.13. The highest BCUT2D eigenvalue weighted by molar-refractivity contribution is 9.10. The van der Waals surface area contributed by atoms with E-state index in [1.165, 1.54) is 0 Å². The molecule has 132 valence electrons. The van der Waals surface area contributed by atoms with Gasteiger partial charge in [-0.25, -0.2) is 4.79 Å². The fourth-order valence-electron chi connectivity index (χ4n) is 2.52. The average Bonchev–Trinajstić information content (AvgIpc) is 3.39. The van der Waals surface area contributed by atoms with Gasteiger partial charge in [0.2, 0.25) is 0 Å². The van der Waals surface area contributed by atoms with Crippen molar-refractivity contribution in [1.29, 1.82) is 0 Å². The topological polar surface area (TPSA) is 77.3 Å². The lowest BCUT2D eigenvalue weighted by atomic mass is 10.2. The van der Waals surface area contributed by atoms with E-state index in [1.807, 2.05) is 42.5 Å². The van der Waals surface area contributed by atoms with Crippen molar-refractivity contribution >= 4 is 27.7 Å². The van der Waals surface area contributed by atoms with E-state index in [2.05, 4.69) is 31.4 Å².